The standard InChI is InChI=1S/C30H29ClN2O6.2Na/c1-17-6-3-4-7-21(17)28(36)32-20-10-11-22(18(2)14-20)29(37)33-13-5-8-23(25(30(38)39)16-27(34)35)24-15-19(31)9-12-26(24)33;;/h3-4,6-7,9-12,14-15,23,25H,5,8,13,16H2,1-2H3,(H,32,36)(H,34,35)(H,38,39);;/q;2*+1/p-2. The third kappa shape index (κ3) is 8.23. The maximum absolute atomic E-state index is 13.8. The van der Waals surface area contributed by atoms with Gasteiger partial charge in [-0.15, -0.1) is 0 Å². The Morgan fingerprint density at radius 3 is 2.29 bits per heavy atom. The average Bonchev–Trinajstić information content (AvgIpc) is 3.06. The molecule has 1 N–H and O–H groups in total. The first kappa shape index (κ1) is 35.0. The fourth-order valence-electron chi connectivity index (χ4n) is 5.16. The number of hydrogen-bond acceptors (Lipinski definition) is 6. The van der Waals surface area contributed by atoms with Gasteiger partial charge in [0.25, 0.3) is 11.8 Å². The molecular weight excluding hydrogens is 566 g/mol. The molecule has 0 saturated carbocycles. The number of rotatable bonds is 7. The van der Waals surface area contributed by atoms with Gasteiger partial charge < -0.3 is 30.0 Å². The first-order chi connectivity index (χ1) is 18.6. The van der Waals surface area contributed by atoms with Crippen LogP contribution in [0.3, 0.4) is 0 Å². The van der Waals surface area contributed by atoms with Crippen molar-refractivity contribution in [3.63, 3.8) is 0 Å². The van der Waals surface area contributed by atoms with Crippen LogP contribution in [0.15, 0.2) is 60.7 Å². The van der Waals surface area contributed by atoms with E-state index in [9.17, 15) is 29.4 Å². The predicted molar refractivity (Wildman–Crippen MR) is 144 cm³/mol. The molecule has 11 heteroatoms. The van der Waals surface area contributed by atoms with E-state index < -0.39 is 30.2 Å². The summed E-state index contributed by atoms with van der Waals surface area (Å²) in [5, 5.41) is 26.4. The van der Waals surface area contributed by atoms with E-state index in [0.717, 1.165) is 5.56 Å². The van der Waals surface area contributed by atoms with Crippen LogP contribution in [0.4, 0.5) is 11.4 Å². The topological polar surface area (TPSA) is 130 Å². The number of aliphatic carboxylic acids is 2. The first-order valence-electron chi connectivity index (χ1n) is 12.6. The summed E-state index contributed by atoms with van der Waals surface area (Å²) in [6, 6.07) is 17.1. The smallest absolute Gasteiger partial charge is 0.550 e. The summed E-state index contributed by atoms with van der Waals surface area (Å²) in [6.45, 7) is 3.92. The number of carbonyl (C=O) groups excluding carboxylic acids is 4. The Morgan fingerprint density at radius 2 is 1.66 bits per heavy atom. The van der Waals surface area contributed by atoms with Gasteiger partial charge in [0, 0.05) is 51.9 Å². The van der Waals surface area contributed by atoms with Crippen molar-refractivity contribution in [2.45, 2.75) is 39.0 Å². The zero-order valence-electron chi connectivity index (χ0n) is 23.5. The maximum Gasteiger partial charge on any atom is 1.00 e. The third-order valence-electron chi connectivity index (χ3n) is 7.10. The summed E-state index contributed by atoms with van der Waals surface area (Å²) in [4.78, 5) is 51.3. The van der Waals surface area contributed by atoms with Gasteiger partial charge in [-0.1, -0.05) is 29.8 Å². The van der Waals surface area contributed by atoms with Gasteiger partial charge in [-0.05, 0) is 98.2 Å². The molecule has 1 aliphatic rings. The van der Waals surface area contributed by atoms with Gasteiger partial charge in [0.05, 0.1) is 0 Å². The zero-order valence-corrected chi connectivity index (χ0v) is 28.3. The van der Waals surface area contributed by atoms with Crippen LogP contribution in [-0.2, 0) is 9.59 Å². The van der Waals surface area contributed by atoms with Crippen molar-refractivity contribution in [1.82, 2.24) is 0 Å². The minimum atomic E-state index is -1.49. The van der Waals surface area contributed by atoms with Gasteiger partial charge >= 0.3 is 59.1 Å². The number of aryl methyl sites for hydroxylation is 2. The Kier molecular flexibility index (Phi) is 13.1. The molecule has 1 aliphatic heterocycles. The molecule has 0 saturated heterocycles. The summed E-state index contributed by atoms with van der Waals surface area (Å²) in [7, 11) is 0. The molecule has 4 rings (SSSR count). The number of carbonyl (C=O) groups is 4. The second kappa shape index (κ2) is 15.3. The van der Waals surface area contributed by atoms with Crippen molar-refractivity contribution in [2.75, 3.05) is 16.8 Å². The molecule has 8 nitrogen and oxygen atoms in total. The Morgan fingerprint density at radius 1 is 0.951 bits per heavy atom. The number of fused-ring (bicyclic) bond motifs is 1. The number of nitrogens with one attached hydrogen (secondary N) is 1. The molecule has 2 unspecified atom stereocenters. The van der Waals surface area contributed by atoms with E-state index in [1.54, 1.807) is 60.4 Å². The molecule has 1 heterocycles. The van der Waals surface area contributed by atoms with Crippen molar-refractivity contribution in [1.29, 1.82) is 0 Å². The minimum absolute atomic E-state index is 0. The van der Waals surface area contributed by atoms with E-state index in [1.807, 2.05) is 19.1 Å². The Balaban J connectivity index is 0.00000294. The second-order valence-electron chi connectivity index (χ2n) is 9.71. The van der Waals surface area contributed by atoms with E-state index in [0.29, 0.717) is 58.0 Å². The Labute approximate surface area is 288 Å². The monoisotopic (exact) mass is 592 g/mol. The van der Waals surface area contributed by atoms with Crippen molar-refractivity contribution in [3.05, 3.63) is 93.5 Å². The molecule has 0 bridgehead atoms. The van der Waals surface area contributed by atoms with Gasteiger partial charge in [0.1, 0.15) is 0 Å². The van der Waals surface area contributed by atoms with Crippen LogP contribution in [0.2, 0.25) is 5.02 Å². The molecule has 0 fully saturated rings. The maximum atomic E-state index is 13.8. The van der Waals surface area contributed by atoms with Gasteiger partial charge in [-0.2, -0.15) is 0 Å². The van der Waals surface area contributed by atoms with E-state index >= 15 is 0 Å². The molecule has 2 atom stereocenters. The van der Waals surface area contributed by atoms with Crippen molar-refractivity contribution >= 4 is 46.7 Å². The van der Waals surface area contributed by atoms with E-state index in [-0.39, 0.29) is 70.9 Å². The summed E-state index contributed by atoms with van der Waals surface area (Å²) in [5.41, 5.74) is 3.93. The normalized spacial score (nSPS) is 14.8. The van der Waals surface area contributed by atoms with Crippen LogP contribution < -0.4 is 79.5 Å². The fourth-order valence-corrected chi connectivity index (χ4v) is 5.35. The summed E-state index contributed by atoms with van der Waals surface area (Å²) < 4.78 is 0. The van der Waals surface area contributed by atoms with E-state index in [1.165, 1.54) is 0 Å². The van der Waals surface area contributed by atoms with Gasteiger partial charge in [0.2, 0.25) is 0 Å². The molecule has 2 amide bonds. The zero-order chi connectivity index (χ0) is 28.3. The Bertz CT molecular complexity index is 1460. The SMILES string of the molecule is Cc1ccccc1C(=O)Nc1ccc(C(=O)N2CCCC(C(CC(=O)[O-])C(=O)[O-])c3cc(Cl)ccc32)c(C)c1.[Na+].[Na+]. The van der Waals surface area contributed by atoms with Crippen LogP contribution in [0.25, 0.3) is 0 Å². The molecule has 0 aliphatic carbocycles. The molecule has 0 aromatic heterocycles. The summed E-state index contributed by atoms with van der Waals surface area (Å²) >= 11 is 6.24. The summed E-state index contributed by atoms with van der Waals surface area (Å²) in [5.74, 6) is -5.60. The number of nitrogens with zero attached hydrogens (tertiary/aromatic N) is 1. The number of hydrogen-bond donors (Lipinski definition) is 1. The van der Waals surface area contributed by atoms with Crippen LogP contribution >= 0.6 is 11.6 Å². The molecule has 41 heavy (non-hydrogen) atoms. The van der Waals surface area contributed by atoms with Crippen molar-refractivity contribution < 1.29 is 88.5 Å². The molecular formula is C30H27ClN2Na2O6. The van der Waals surface area contributed by atoms with Crippen molar-refractivity contribution in [2.24, 2.45) is 5.92 Å². The predicted octanol–water partition coefficient (Wildman–Crippen LogP) is -2.75. The van der Waals surface area contributed by atoms with Crippen LogP contribution in [-0.4, -0.2) is 30.3 Å². The van der Waals surface area contributed by atoms with Gasteiger partial charge in [0.15, 0.2) is 0 Å². The number of carboxylic acid groups (broad SMARTS) is 2. The van der Waals surface area contributed by atoms with E-state index in [4.69, 9.17) is 11.6 Å². The second-order valence-corrected chi connectivity index (χ2v) is 10.1. The third-order valence-corrected chi connectivity index (χ3v) is 7.34. The molecule has 0 radical (unpaired) electrons. The molecule has 3 aromatic rings. The van der Waals surface area contributed by atoms with Gasteiger partial charge in [-0.3, -0.25) is 9.59 Å². The average molecular weight is 593 g/mol. The molecule has 0 spiro atoms. The minimum Gasteiger partial charge on any atom is -0.550 e. The summed E-state index contributed by atoms with van der Waals surface area (Å²) in [6.07, 6.45) is 0.0523. The van der Waals surface area contributed by atoms with E-state index in [2.05, 4.69) is 5.32 Å². The largest absolute Gasteiger partial charge is 1.00 e. The number of benzene rings is 3. The van der Waals surface area contributed by atoms with Crippen LogP contribution in [0.1, 0.15) is 62.6 Å². The van der Waals surface area contributed by atoms with Crippen LogP contribution in [0.5, 0.6) is 0 Å². The van der Waals surface area contributed by atoms with Crippen LogP contribution in [0, 0.1) is 19.8 Å². The quantitative estimate of drug-likeness (QED) is 0.296. The first-order valence-corrected chi connectivity index (χ1v) is 12.9. The van der Waals surface area contributed by atoms with Gasteiger partial charge in [-0.25, -0.2) is 0 Å². The Hall–Kier alpha value is -2.17. The number of anilines is 2. The molecule has 202 valence electrons. The molecule has 3 aromatic carbocycles. The number of carboxylic acids is 2. The van der Waals surface area contributed by atoms with Crippen molar-refractivity contribution in [3.8, 4) is 0 Å². The fraction of sp³-hybridized carbons (Fsp3) is 0.267. The number of amides is 2. The number of halogens is 1.